The van der Waals surface area contributed by atoms with Gasteiger partial charge in [0.05, 0.1) is 12.3 Å². The Kier molecular flexibility index (Phi) is 3.56. The summed E-state index contributed by atoms with van der Waals surface area (Å²) in [6.45, 7) is 2.89. The first kappa shape index (κ1) is 12.9. The van der Waals surface area contributed by atoms with Crippen molar-refractivity contribution in [1.82, 2.24) is 14.5 Å². The van der Waals surface area contributed by atoms with Crippen molar-refractivity contribution >= 4 is 15.8 Å². The van der Waals surface area contributed by atoms with Gasteiger partial charge in [-0.2, -0.15) is 5.10 Å². The molecular formula is C8H16N4O3S. The van der Waals surface area contributed by atoms with E-state index in [4.69, 9.17) is 10.8 Å². The maximum absolute atomic E-state index is 11.9. The van der Waals surface area contributed by atoms with Crippen LogP contribution in [0.1, 0.15) is 12.6 Å². The van der Waals surface area contributed by atoms with Crippen molar-refractivity contribution in [2.24, 2.45) is 7.05 Å². The lowest BCUT2D eigenvalue weighted by molar-refractivity contribution is 0.265. The van der Waals surface area contributed by atoms with E-state index in [1.54, 1.807) is 20.9 Å². The summed E-state index contributed by atoms with van der Waals surface area (Å²) in [7, 11) is -2.12. The summed E-state index contributed by atoms with van der Waals surface area (Å²) in [6, 6.07) is -0.566. The van der Waals surface area contributed by atoms with Gasteiger partial charge in [-0.05, 0) is 13.8 Å². The van der Waals surface area contributed by atoms with Gasteiger partial charge in [-0.15, -0.1) is 0 Å². The third-order valence-electron chi connectivity index (χ3n) is 2.20. The number of anilines is 1. The highest BCUT2D eigenvalue weighted by Gasteiger charge is 2.25. The van der Waals surface area contributed by atoms with E-state index in [1.807, 2.05) is 0 Å². The molecular weight excluding hydrogens is 232 g/mol. The highest BCUT2D eigenvalue weighted by molar-refractivity contribution is 7.89. The number of aliphatic hydroxyl groups is 1. The highest BCUT2D eigenvalue weighted by atomic mass is 32.2. The Balaban J connectivity index is 3.17. The monoisotopic (exact) mass is 248 g/mol. The van der Waals surface area contributed by atoms with Gasteiger partial charge in [0.1, 0.15) is 4.90 Å². The lowest BCUT2D eigenvalue weighted by atomic mass is 10.4. The van der Waals surface area contributed by atoms with Crippen LogP contribution in [0, 0.1) is 6.92 Å². The molecule has 1 aromatic rings. The molecule has 0 saturated heterocycles. The fraction of sp³-hybridized carbons (Fsp3) is 0.625. The van der Waals surface area contributed by atoms with Crippen molar-refractivity contribution in [1.29, 1.82) is 0 Å². The van der Waals surface area contributed by atoms with Crippen molar-refractivity contribution in [3.05, 3.63) is 5.69 Å². The quantitative estimate of drug-likeness (QED) is 0.631. The van der Waals surface area contributed by atoms with Gasteiger partial charge in [0.2, 0.25) is 10.0 Å². The molecule has 4 N–H and O–H groups in total. The lowest BCUT2D eigenvalue weighted by Gasteiger charge is -2.11. The number of nitrogens with zero attached hydrogens (tertiary/aromatic N) is 2. The van der Waals surface area contributed by atoms with Crippen LogP contribution in [-0.2, 0) is 17.1 Å². The van der Waals surface area contributed by atoms with Gasteiger partial charge in [0.25, 0.3) is 0 Å². The van der Waals surface area contributed by atoms with Crippen molar-refractivity contribution in [3.8, 4) is 0 Å². The van der Waals surface area contributed by atoms with Crippen LogP contribution in [0.3, 0.4) is 0 Å². The van der Waals surface area contributed by atoms with Crippen molar-refractivity contribution in [2.45, 2.75) is 24.8 Å². The van der Waals surface area contributed by atoms with E-state index in [1.165, 1.54) is 4.68 Å². The number of hydrogen-bond acceptors (Lipinski definition) is 5. The Bertz CT molecular complexity index is 480. The van der Waals surface area contributed by atoms with E-state index in [9.17, 15) is 8.42 Å². The van der Waals surface area contributed by atoms with Crippen LogP contribution in [-0.4, -0.2) is 36.0 Å². The summed E-state index contributed by atoms with van der Waals surface area (Å²) in [5.41, 5.74) is 5.99. The minimum Gasteiger partial charge on any atom is -0.395 e. The molecule has 1 aromatic heterocycles. The standard InChI is InChI=1S/C8H16N4O3S/c1-5(4-13)11-16(14,15)7-6(2)12(3)10-8(7)9/h5,11,13H,4H2,1-3H3,(H2,9,10)/t5-/m0/s1. The molecule has 0 spiro atoms. The van der Waals surface area contributed by atoms with Crippen LogP contribution in [0.5, 0.6) is 0 Å². The molecule has 1 atom stereocenters. The number of nitrogens with one attached hydrogen (secondary N) is 1. The summed E-state index contributed by atoms with van der Waals surface area (Å²) < 4.78 is 27.5. The second kappa shape index (κ2) is 4.40. The maximum atomic E-state index is 11.9. The van der Waals surface area contributed by atoms with E-state index >= 15 is 0 Å². The minimum atomic E-state index is -3.73. The van der Waals surface area contributed by atoms with E-state index < -0.39 is 16.1 Å². The predicted octanol–water partition coefficient (Wildman–Crippen LogP) is -1.03. The van der Waals surface area contributed by atoms with Gasteiger partial charge in [0.15, 0.2) is 5.82 Å². The Morgan fingerprint density at radius 1 is 1.62 bits per heavy atom. The topological polar surface area (TPSA) is 110 Å². The Morgan fingerprint density at radius 2 is 2.19 bits per heavy atom. The summed E-state index contributed by atoms with van der Waals surface area (Å²) >= 11 is 0. The number of nitrogen functional groups attached to an aromatic ring is 1. The molecule has 0 aliphatic carbocycles. The fourth-order valence-corrected chi connectivity index (χ4v) is 2.87. The van der Waals surface area contributed by atoms with Crippen LogP contribution in [0.2, 0.25) is 0 Å². The lowest BCUT2D eigenvalue weighted by Crippen LogP contribution is -2.35. The fourth-order valence-electron chi connectivity index (χ4n) is 1.31. The summed E-state index contributed by atoms with van der Waals surface area (Å²) in [4.78, 5) is -0.0321. The van der Waals surface area contributed by atoms with Gasteiger partial charge in [-0.3, -0.25) is 4.68 Å². The molecule has 7 nitrogen and oxygen atoms in total. The molecule has 92 valence electrons. The molecule has 0 aliphatic heterocycles. The number of aliphatic hydroxyl groups excluding tert-OH is 1. The summed E-state index contributed by atoms with van der Waals surface area (Å²) in [5.74, 6) is -0.0439. The Hall–Kier alpha value is -1.12. The predicted molar refractivity (Wildman–Crippen MR) is 59.2 cm³/mol. The number of aromatic nitrogens is 2. The molecule has 0 saturated carbocycles. The third kappa shape index (κ3) is 2.34. The number of nitrogens with two attached hydrogens (primary N) is 1. The van der Waals surface area contributed by atoms with Crippen LogP contribution in [0.25, 0.3) is 0 Å². The molecule has 0 fully saturated rings. The molecule has 0 radical (unpaired) electrons. The zero-order valence-electron chi connectivity index (χ0n) is 9.43. The summed E-state index contributed by atoms with van der Waals surface area (Å²) in [5, 5.41) is 12.6. The highest BCUT2D eigenvalue weighted by Crippen LogP contribution is 2.20. The summed E-state index contributed by atoms with van der Waals surface area (Å²) in [6.07, 6.45) is 0. The third-order valence-corrected chi connectivity index (χ3v) is 3.96. The SMILES string of the molecule is Cc1c(S(=O)(=O)N[C@@H](C)CO)c(N)nn1C. The van der Waals surface area contributed by atoms with E-state index in [0.717, 1.165) is 0 Å². The van der Waals surface area contributed by atoms with Gasteiger partial charge in [-0.1, -0.05) is 0 Å². The Labute approximate surface area is 94.3 Å². The first-order valence-corrected chi connectivity index (χ1v) is 6.20. The molecule has 0 amide bonds. The molecule has 0 aromatic carbocycles. The van der Waals surface area contributed by atoms with Gasteiger partial charge in [-0.25, -0.2) is 13.1 Å². The number of rotatable bonds is 4. The van der Waals surface area contributed by atoms with Crippen molar-refractivity contribution in [2.75, 3.05) is 12.3 Å². The van der Waals surface area contributed by atoms with Crippen LogP contribution < -0.4 is 10.5 Å². The second-order valence-corrected chi connectivity index (χ2v) is 5.28. The minimum absolute atomic E-state index is 0.0321. The zero-order valence-corrected chi connectivity index (χ0v) is 10.2. The van der Waals surface area contributed by atoms with Gasteiger partial charge in [0, 0.05) is 13.1 Å². The van der Waals surface area contributed by atoms with Crippen molar-refractivity contribution < 1.29 is 13.5 Å². The molecule has 0 aliphatic rings. The molecule has 0 bridgehead atoms. The molecule has 8 heteroatoms. The normalized spacial score (nSPS) is 14.0. The average molecular weight is 248 g/mol. The number of hydrogen-bond donors (Lipinski definition) is 3. The van der Waals surface area contributed by atoms with Crippen molar-refractivity contribution in [3.63, 3.8) is 0 Å². The molecule has 0 unspecified atom stereocenters. The van der Waals surface area contributed by atoms with Crippen LogP contribution >= 0.6 is 0 Å². The van der Waals surface area contributed by atoms with Crippen LogP contribution in [0.15, 0.2) is 4.90 Å². The Morgan fingerprint density at radius 3 is 2.56 bits per heavy atom. The first-order chi connectivity index (χ1) is 7.29. The van der Waals surface area contributed by atoms with Crippen LogP contribution in [0.4, 0.5) is 5.82 Å². The van der Waals surface area contributed by atoms with E-state index in [0.29, 0.717) is 5.69 Å². The van der Waals surface area contributed by atoms with E-state index in [2.05, 4.69) is 9.82 Å². The number of sulfonamides is 1. The average Bonchev–Trinajstić information content (AvgIpc) is 2.40. The molecule has 16 heavy (non-hydrogen) atoms. The zero-order chi connectivity index (χ0) is 12.5. The molecule has 1 rings (SSSR count). The smallest absolute Gasteiger partial charge is 0.246 e. The van der Waals surface area contributed by atoms with Gasteiger partial charge < -0.3 is 10.8 Å². The molecule has 1 heterocycles. The van der Waals surface area contributed by atoms with Gasteiger partial charge >= 0.3 is 0 Å². The number of aryl methyl sites for hydroxylation is 1. The maximum Gasteiger partial charge on any atom is 0.246 e. The first-order valence-electron chi connectivity index (χ1n) is 4.72. The van der Waals surface area contributed by atoms with E-state index in [-0.39, 0.29) is 17.3 Å². The second-order valence-electron chi connectivity index (χ2n) is 3.63. The largest absolute Gasteiger partial charge is 0.395 e.